The smallest absolute Gasteiger partial charge is 0.0365 e. The van der Waals surface area contributed by atoms with Crippen LogP contribution >= 0.6 is 11.6 Å². The Kier molecular flexibility index (Phi) is 3.39. The molecule has 1 aromatic carbocycles. The lowest BCUT2D eigenvalue weighted by atomic mass is 9.82. The van der Waals surface area contributed by atoms with Crippen LogP contribution in [0.25, 0.3) is 0 Å². The van der Waals surface area contributed by atoms with Gasteiger partial charge in [-0.2, -0.15) is 0 Å². The van der Waals surface area contributed by atoms with E-state index in [1.165, 1.54) is 19.3 Å². The third-order valence-corrected chi connectivity index (χ3v) is 4.58. The van der Waals surface area contributed by atoms with E-state index in [2.05, 4.69) is 29.6 Å². The average Bonchev–Trinajstić information content (AvgIpc) is 2.33. The van der Waals surface area contributed by atoms with Crippen LogP contribution in [0.1, 0.15) is 42.7 Å². The van der Waals surface area contributed by atoms with Gasteiger partial charge in [-0.15, -0.1) is 11.6 Å². The number of aryl methyl sites for hydroxylation is 1. The van der Waals surface area contributed by atoms with Crippen molar-refractivity contribution in [3.05, 3.63) is 35.4 Å². The molecule has 1 atom stereocenters. The highest BCUT2D eigenvalue weighted by Crippen LogP contribution is 2.32. The van der Waals surface area contributed by atoms with Gasteiger partial charge in [-0.1, -0.05) is 24.3 Å². The summed E-state index contributed by atoms with van der Waals surface area (Å²) in [5, 5.41) is 4.10. The maximum atomic E-state index is 6.01. The van der Waals surface area contributed by atoms with Gasteiger partial charge in [-0.05, 0) is 49.1 Å². The lowest BCUT2D eigenvalue weighted by molar-refractivity contribution is 0.332. The molecule has 1 nitrogen and oxygen atoms in total. The van der Waals surface area contributed by atoms with Crippen LogP contribution in [0.15, 0.2) is 24.3 Å². The number of benzene rings is 1. The van der Waals surface area contributed by atoms with Crippen LogP contribution in [-0.2, 0) is 6.42 Å². The summed E-state index contributed by atoms with van der Waals surface area (Å²) in [6.45, 7) is 1.13. The standard InChI is InChI=1S/C15H20ClN/c16-13-8-14(9-13)17-10-12-6-3-5-11-4-1-2-7-15(11)12/h1-2,4,7,12-14,17H,3,5-6,8-10H2. The molecule has 1 N–H and O–H groups in total. The molecule has 3 rings (SSSR count). The Morgan fingerprint density at radius 2 is 2.06 bits per heavy atom. The second-order valence-corrected chi connectivity index (χ2v) is 6.08. The summed E-state index contributed by atoms with van der Waals surface area (Å²) in [5.41, 5.74) is 3.14. The first-order valence-corrected chi connectivity index (χ1v) is 7.22. The zero-order chi connectivity index (χ0) is 11.7. The van der Waals surface area contributed by atoms with Crippen molar-refractivity contribution in [3.63, 3.8) is 0 Å². The summed E-state index contributed by atoms with van der Waals surface area (Å²) >= 11 is 6.01. The molecule has 0 aromatic heterocycles. The Labute approximate surface area is 109 Å². The highest BCUT2D eigenvalue weighted by molar-refractivity contribution is 6.21. The van der Waals surface area contributed by atoms with Gasteiger partial charge in [0.2, 0.25) is 0 Å². The fourth-order valence-electron chi connectivity index (χ4n) is 3.09. The van der Waals surface area contributed by atoms with E-state index in [9.17, 15) is 0 Å². The van der Waals surface area contributed by atoms with E-state index in [1.54, 1.807) is 11.1 Å². The van der Waals surface area contributed by atoms with Gasteiger partial charge >= 0.3 is 0 Å². The first-order valence-electron chi connectivity index (χ1n) is 6.78. The Bertz CT molecular complexity index is 384. The van der Waals surface area contributed by atoms with Crippen LogP contribution < -0.4 is 5.32 Å². The second kappa shape index (κ2) is 4.99. The van der Waals surface area contributed by atoms with Crippen LogP contribution in [0, 0.1) is 0 Å². The first kappa shape index (κ1) is 11.6. The van der Waals surface area contributed by atoms with Crippen molar-refractivity contribution in [3.8, 4) is 0 Å². The van der Waals surface area contributed by atoms with Crippen LogP contribution in [0.5, 0.6) is 0 Å². The van der Waals surface area contributed by atoms with Crippen LogP contribution in [0.4, 0.5) is 0 Å². The SMILES string of the molecule is ClC1CC(NCC2CCCc3ccccc32)C1. The summed E-state index contributed by atoms with van der Waals surface area (Å²) in [7, 11) is 0. The van der Waals surface area contributed by atoms with Crippen molar-refractivity contribution in [2.45, 2.75) is 49.4 Å². The minimum atomic E-state index is 0.422. The zero-order valence-electron chi connectivity index (χ0n) is 10.2. The number of fused-ring (bicyclic) bond motifs is 1. The maximum Gasteiger partial charge on any atom is 0.0365 e. The van der Waals surface area contributed by atoms with E-state index in [0.717, 1.165) is 19.4 Å². The third kappa shape index (κ3) is 2.51. The lowest BCUT2D eigenvalue weighted by Crippen LogP contribution is -2.43. The van der Waals surface area contributed by atoms with Gasteiger partial charge in [0.25, 0.3) is 0 Å². The molecule has 2 aliphatic rings. The number of hydrogen-bond acceptors (Lipinski definition) is 1. The van der Waals surface area contributed by atoms with Gasteiger partial charge in [-0.3, -0.25) is 0 Å². The van der Waals surface area contributed by atoms with Crippen LogP contribution in [0.3, 0.4) is 0 Å². The highest BCUT2D eigenvalue weighted by atomic mass is 35.5. The van der Waals surface area contributed by atoms with E-state index >= 15 is 0 Å². The minimum absolute atomic E-state index is 0.422. The summed E-state index contributed by atoms with van der Waals surface area (Å²) in [5.74, 6) is 0.717. The molecule has 1 unspecified atom stereocenters. The largest absolute Gasteiger partial charge is 0.313 e. The lowest BCUT2D eigenvalue weighted by Gasteiger charge is -2.34. The van der Waals surface area contributed by atoms with Crippen LogP contribution in [0.2, 0.25) is 0 Å². The minimum Gasteiger partial charge on any atom is -0.313 e. The zero-order valence-corrected chi connectivity index (χ0v) is 10.9. The third-order valence-electron chi connectivity index (χ3n) is 4.23. The number of rotatable bonds is 3. The molecule has 0 amide bonds. The highest BCUT2D eigenvalue weighted by Gasteiger charge is 2.28. The molecule has 0 bridgehead atoms. The van der Waals surface area contributed by atoms with Gasteiger partial charge in [0.05, 0.1) is 0 Å². The van der Waals surface area contributed by atoms with Crippen LogP contribution in [-0.4, -0.2) is 18.0 Å². The summed E-state index contributed by atoms with van der Waals surface area (Å²) < 4.78 is 0. The topological polar surface area (TPSA) is 12.0 Å². The summed E-state index contributed by atoms with van der Waals surface area (Å²) in [6.07, 6.45) is 6.24. The van der Waals surface area contributed by atoms with Crippen molar-refractivity contribution in [1.82, 2.24) is 5.32 Å². The normalized spacial score (nSPS) is 31.7. The average molecular weight is 250 g/mol. The second-order valence-electron chi connectivity index (χ2n) is 5.46. The molecular formula is C15H20ClN. The van der Waals surface area contributed by atoms with Gasteiger partial charge in [-0.25, -0.2) is 0 Å². The number of halogens is 1. The molecule has 1 fully saturated rings. The first-order chi connectivity index (χ1) is 8.33. The predicted octanol–water partition coefficient (Wildman–Crippen LogP) is 3.47. The Hall–Kier alpha value is -0.530. The molecule has 1 saturated carbocycles. The van der Waals surface area contributed by atoms with E-state index < -0.39 is 0 Å². The quantitative estimate of drug-likeness (QED) is 0.809. The Morgan fingerprint density at radius 1 is 1.24 bits per heavy atom. The molecule has 2 aliphatic carbocycles. The molecule has 2 heteroatoms. The van der Waals surface area contributed by atoms with E-state index in [-0.39, 0.29) is 0 Å². The summed E-state index contributed by atoms with van der Waals surface area (Å²) in [6, 6.07) is 9.62. The van der Waals surface area contributed by atoms with Crippen molar-refractivity contribution in [1.29, 1.82) is 0 Å². The van der Waals surface area contributed by atoms with E-state index in [1.807, 2.05) is 0 Å². The molecule has 17 heavy (non-hydrogen) atoms. The number of alkyl halides is 1. The van der Waals surface area contributed by atoms with Gasteiger partial charge in [0, 0.05) is 18.0 Å². The van der Waals surface area contributed by atoms with Gasteiger partial charge in [0.15, 0.2) is 0 Å². The van der Waals surface area contributed by atoms with Crippen molar-refractivity contribution >= 4 is 11.6 Å². The molecule has 0 aliphatic heterocycles. The monoisotopic (exact) mass is 249 g/mol. The van der Waals surface area contributed by atoms with Gasteiger partial charge in [0.1, 0.15) is 0 Å². The van der Waals surface area contributed by atoms with Crippen molar-refractivity contribution < 1.29 is 0 Å². The molecule has 0 saturated heterocycles. The molecule has 1 aromatic rings. The molecule has 92 valence electrons. The maximum absolute atomic E-state index is 6.01. The predicted molar refractivity (Wildman–Crippen MR) is 72.8 cm³/mol. The molecule has 0 spiro atoms. The number of nitrogens with one attached hydrogen (secondary N) is 1. The Morgan fingerprint density at radius 3 is 2.88 bits per heavy atom. The van der Waals surface area contributed by atoms with Crippen molar-refractivity contribution in [2.24, 2.45) is 0 Å². The number of hydrogen-bond donors (Lipinski definition) is 1. The van der Waals surface area contributed by atoms with E-state index in [4.69, 9.17) is 11.6 Å². The van der Waals surface area contributed by atoms with E-state index in [0.29, 0.717) is 17.3 Å². The fraction of sp³-hybridized carbons (Fsp3) is 0.600. The fourth-order valence-corrected chi connectivity index (χ4v) is 3.52. The molecule has 0 radical (unpaired) electrons. The Balaban J connectivity index is 1.61. The van der Waals surface area contributed by atoms with Gasteiger partial charge < -0.3 is 5.32 Å². The van der Waals surface area contributed by atoms with Crippen molar-refractivity contribution in [2.75, 3.05) is 6.54 Å². The molecule has 0 heterocycles. The summed E-state index contributed by atoms with van der Waals surface area (Å²) in [4.78, 5) is 0. The molecular weight excluding hydrogens is 230 g/mol.